The highest BCUT2D eigenvalue weighted by atomic mass is 16.2. The fourth-order valence-corrected chi connectivity index (χ4v) is 2.36. The van der Waals surface area contributed by atoms with Gasteiger partial charge in [0, 0.05) is 37.4 Å². The van der Waals surface area contributed by atoms with Crippen molar-refractivity contribution in [1.29, 1.82) is 0 Å². The van der Waals surface area contributed by atoms with E-state index in [1.54, 1.807) is 0 Å². The van der Waals surface area contributed by atoms with Gasteiger partial charge in [0.25, 0.3) is 0 Å². The van der Waals surface area contributed by atoms with E-state index in [1.807, 2.05) is 13.8 Å². The first-order chi connectivity index (χ1) is 9.04. The van der Waals surface area contributed by atoms with Gasteiger partial charge in [-0.05, 0) is 6.92 Å². The van der Waals surface area contributed by atoms with Gasteiger partial charge in [0.2, 0.25) is 11.8 Å². The largest absolute Gasteiger partial charge is 0.282 e. The number of imide groups is 1. The maximum atomic E-state index is 11.6. The van der Waals surface area contributed by atoms with Crippen LogP contribution in [0.1, 0.15) is 44.3 Å². The summed E-state index contributed by atoms with van der Waals surface area (Å²) in [7, 11) is 0. The molecular formula is C12H15N5O2. The van der Waals surface area contributed by atoms with E-state index in [-0.39, 0.29) is 17.7 Å². The van der Waals surface area contributed by atoms with Crippen LogP contribution in [0.3, 0.4) is 0 Å². The summed E-state index contributed by atoms with van der Waals surface area (Å²) < 4.78 is 0. The minimum Gasteiger partial charge on any atom is -0.282 e. The number of hydrogen-bond donors (Lipinski definition) is 0. The first-order valence-electron chi connectivity index (χ1n) is 6.38. The Bertz CT molecular complexity index is 573. The van der Waals surface area contributed by atoms with Crippen molar-refractivity contribution in [2.24, 2.45) is 5.10 Å². The minimum absolute atomic E-state index is 0.0698. The lowest BCUT2D eigenvalue weighted by Crippen LogP contribution is -2.32. The average Bonchev–Trinajstić information content (AvgIpc) is 2.96. The van der Waals surface area contributed by atoms with E-state index in [9.17, 15) is 9.59 Å². The van der Waals surface area contributed by atoms with E-state index in [0.717, 1.165) is 11.5 Å². The molecule has 7 nitrogen and oxygen atoms in total. The molecule has 7 heteroatoms. The molecule has 3 heterocycles. The van der Waals surface area contributed by atoms with Crippen LogP contribution < -0.4 is 0 Å². The summed E-state index contributed by atoms with van der Waals surface area (Å²) in [5.41, 5.74) is 0.985. The molecule has 0 N–H and O–H groups in total. The third-order valence-electron chi connectivity index (χ3n) is 3.40. The summed E-state index contributed by atoms with van der Waals surface area (Å²) in [5.74, 6) is 1.19. The van der Waals surface area contributed by atoms with Gasteiger partial charge in [-0.15, -0.1) is 9.89 Å². The van der Waals surface area contributed by atoms with E-state index in [0.29, 0.717) is 31.6 Å². The quantitative estimate of drug-likeness (QED) is 0.733. The lowest BCUT2D eigenvalue weighted by Gasteiger charge is -2.16. The summed E-state index contributed by atoms with van der Waals surface area (Å²) in [4.78, 5) is 30.4. The van der Waals surface area contributed by atoms with Crippen LogP contribution in [0.2, 0.25) is 0 Å². The summed E-state index contributed by atoms with van der Waals surface area (Å²) in [6.07, 6.45) is 1.35. The number of likely N-dealkylation sites (tertiary alicyclic amines) is 1. The second-order valence-electron chi connectivity index (χ2n) is 5.09. The Morgan fingerprint density at radius 1 is 1.26 bits per heavy atom. The fraction of sp³-hybridized carbons (Fsp3) is 0.583. The zero-order chi connectivity index (χ0) is 13.6. The molecular weight excluding hydrogens is 246 g/mol. The summed E-state index contributed by atoms with van der Waals surface area (Å²) in [5, 5.41) is 8.53. The third-order valence-corrected chi connectivity index (χ3v) is 3.40. The third kappa shape index (κ3) is 2.05. The van der Waals surface area contributed by atoms with Crippen molar-refractivity contribution in [1.82, 2.24) is 19.8 Å². The average molecular weight is 261 g/mol. The highest BCUT2D eigenvalue weighted by molar-refractivity contribution is 6.01. The number of carbonyl (C=O) groups excluding carboxylic acids is 2. The zero-order valence-corrected chi connectivity index (χ0v) is 11.0. The maximum absolute atomic E-state index is 11.6. The summed E-state index contributed by atoms with van der Waals surface area (Å²) in [6.45, 7) is 4.20. The maximum Gasteiger partial charge on any atom is 0.229 e. The molecule has 1 fully saturated rings. The van der Waals surface area contributed by atoms with Crippen molar-refractivity contribution < 1.29 is 9.59 Å². The SMILES string of the molecule is CC1=Nn2nc(C(C)CN3C(=O)CCC3=O)nc2C1. The number of rotatable bonds is 3. The first kappa shape index (κ1) is 12.0. The molecule has 0 bridgehead atoms. The molecule has 1 aromatic heterocycles. The van der Waals surface area contributed by atoms with Gasteiger partial charge in [-0.25, -0.2) is 4.98 Å². The molecule has 3 rings (SSSR count). The molecule has 100 valence electrons. The van der Waals surface area contributed by atoms with E-state index in [4.69, 9.17) is 0 Å². The molecule has 2 aliphatic heterocycles. The fourth-order valence-electron chi connectivity index (χ4n) is 2.36. The summed E-state index contributed by atoms with van der Waals surface area (Å²) in [6, 6.07) is 0. The Hall–Kier alpha value is -2.05. The monoisotopic (exact) mass is 261 g/mol. The molecule has 1 unspecified atom stereocenters. The van der Waals surface area contributed by atoms with Gasteiger partial charge in [0.05, 0.1) is 0 Å². The second-order valence-corrected chi connectivity index (χ2v) is 5.09. The van der Waals surface area contributed by atoms with E-state index >= 15 is 0 Å². The molecule has 19 heavy (non-hydrogen) atoms. The van der Waals surface area contributed by atoms with E-state index < -0.39 is 0 Å². The van der Waals surface area contributed by atoms with Crippen molar-refractivity contribution in [3.8, 4) is 0 Å². The molecule has 1 atom stereocenters. The van der Waals surface area contributed by atoms with Crippen LogP contribution >= 0.6 is 0 Å². The van der Waals surface area contributed by atoms with Crippen LogP contribution in [0.15, 0.2) is 5.10 Å². The van der Waals surface area contributed by atoms with Gasteiger partial charge >= 0.3 is 0 Å². The topological polar surface area (TPSA) is 80.5 Å². The van der Waals surface area contributed by atoms with Crippen molar-refractivity contribution in [2.45, 2.75) is 39.0 Å². The number of nitrogens with zero attached hydrogens (tertiary/aromatic N) is 5. The number of fused-ring (bicyclic) bond motifs is 1. The molecule has 0 radical (unpaired) electrons. The van der Waals surface area contributed by atoms with Gasteiger partial charge in [0.15, 0.2) is 11.6 Å². The van der Waals surface area contributed by atoms with E-state index in [1.165, 1.54) is 9.69 Å². The Balaban J connectivity index is 1.74. The number of carbonyl (C=O) groups is 2. The molecule has 2 amide bonds. The van der Waals surface area contributed by atoms with Crippen molar-refractivity contribution >= 4 is 17.5 Å². The van der Waals surface area contributed by atoms with Crippen LogP contribution in [-0.2, 0) is 16.0 Å². The van der Waals surface area contributed by atoms with E-state index in [2.05, 4.69) is 15.2 Å². The Morgan fingerprint density at radius 3 is 2.58 bits per heavy atom. The standard InChI is InChI=1S/C12H15N5O2/c1-7(6-16-10(18)3-4-11(16)19)12-13-9-5-8(2)14-17(9)15-12/h7H,3-6H2,1-2H3. The Kier molecular flexibility index (Phi) is 2.69. The highest BCUT2D eigenvalue weighted by Crippen LogP contribution is 2.20. The van der Waals surface area contributed by atoms with Gasteiger partial charge < -0.3 is 0 Å². The molecule has 0 aliphatic carbocycles. The predicted molar refractivity (Wildman–Crippen MR) is 66.6 cm³/mol. The molecule has 1 saturated heterocycles. The molecule has 0 spiro atoms. The second kappa shape index (κ2) is 4.25. The van der Waals surface area contributed by atoms with Gasteiger partial charge in [-0.2, -0.15) is 5.10 Å². The lowest BCUT2D eigenvalue weighted by molar-refractivity contribution is -0.138. The van der Waals surface area contributed by atoms with Crippen LogP contribution in [0.5, 0.6) is 0 Å². The molecule has 0 saturated carbocycles. The number of hydrogen-bond acceptors (Lipinski definition) is 5. The Labute approximate surface area is 110 Å². The smallest absolute Gasteiger partial charge is 0.229 e. The summed E-state index contributed by atoms with van der Waals surface area (Å²) >= 11 is 0. The predicted octanol–water partition coefficient (Wildman–Crippen LogP) is 0.311. The van der Waals surface area contributed by atoms with Gasteiger partial charge in [0.1, 0.15) is 0 Å². The lowest BCUT2D eigenvalue weighted by atomic mass is 10.1. The van der Waals surface area contributed by atoms with Crippen LogP contribution in [0.4, 0.5) is 0 Å². The molecule has 1 aromatic rings. The molecule has 2 aliphatic rings. The van der Waals surface area contributed by atoms with Gasteiger partial charge in [-0.1, -0.05) is 6.92 Å². The van der Waals surface area contributed by atoms with Gasteiger partial charge in [-0.3, -0.25) is 14.5 Å². The number of amides is 2. The van der Waals surface area contributed by atoms with Crippen LogP contribution in [-0.4, -0.2) is 43.8 Å². The Morgan fingerprint density at radius 2 is 1.95 bits per heavy atom. The van der Waals surface area contributed by atoms with Crippen molar-refractivity contribution in [2.75, 3.05) is 6.54 Å². The van der Waals surface area contributed by atoms with Crippen molar-refractivity contribution in [3.63, 3.8) is 0 Å². The highest BCUT2D eigenvalue weighted by Gasteiger charge is 2.31. The zero-order valence-electron chi connectivity index (χ0n) is 11.0. The van der Waals surface area contributed by atoms with Crippen LogP contribution in [0, 0.1) is 0 Å². The minimum atomic E-state index is -0.0996. The van der Waals surface area contributed by atoms with Crippen LogP contribution in [0.25, 0.3) is 0 Å². The molecule has 0 aromatic carbocycles. The number of aromatic nitrogens is 3. The first-order valence-corrected chi connectivity index (χ1v) is 6.38. The van der Waals surface area contributed by atoms with Crippen molar-refractivity contribution in [3.05, 3.63) is 11.6 Å². The normalized spacial score (nSPS) is 19.9.